The highest BCUT2D eigenvalue weighted by Crippen LogP contribution is 2.29. The van der Waals surface area contributed by atoms with Crippen LogP contribution >= 0.6 is 0 Å². The number of benzene rings is 3. The number of ketones is 2. The molecular formula is C24H20N2O6. The van der Waals surface area contributed by atoms with Gasteiger partial charge in [0.15, 0.2) is 11.6 Å². The van der Waals surface area contributed by atoms with Crippen LogP contribution in [0.3, 0.4) is 0 Å². The molecule has 0 atom stereocenters. The maximum Gasteiger partial charge on any atom is 0.191 e. The number of phenolic OH excluding ortho intramolecular Hbond substituents is 4. The van der Waals surface area contributed by atoms with Gasteiger partial charge in [0.25, 0.3) is 0 Å². The maximum atomic E-state index is 12.5. The molecule has 0 heterocycles. The van der Waals surface area contributed by atoms with Crippen molar-refractivity contribution in [2.45, 2.75) is 0 Å². The first-order chi connectivity index (χ1) is 15.4. The topological polar surface area (TPSA) is 139 Å². The summed E-state index contributed by atoms with van der Waals surface area (Å²) in [6, 6.07) is 14.9. The van der Waals surface area contributed by atoms with Gasteiger partial charge in [0.1, 0.15) is 23.0 Å². The fourth-order valence-electron chi connectivity index (χ4n) is 2.76. The molecule has 0 fully saturated rings. The average molecular weight is 432 g/mol. The lowest BCUT2D eigenvalue weighted by Gasteiger charge is -2.07. The molecule has 0 aliphatic rings. The van der Waals surface area contributed by atoms with Gasteiger partial charge in [-0.05, 0) is 30.3 Å². The quantitative estimate of drug-likeness (QED) is 0.177. The Hall–Kier alpha value is -4.72. The van der Waals surface area contributed by atoms with E-state index in [0.29, 0.717) is 11.4 Å². The second kappa shape index (κ2) is 9.86. The molecule has 0 amide bonds. The number of nitrogens with one attached hydrogen (secondary N) is 2. The smallest absolute Gasteiger partial charge is 0.191 e. The standard InChI is InChI=1S/C24H20N2O6/c27-19(9-11-25-17-5-1-3-7-21(17)29)15-13-16(24(32)14-23(15)31)20(28)10-12-26-18-6-2-4-8-22(18)30/h1-14,25-26,29-32H/b11-9+,12-10+. The lowest BCUT2D eigenvalue weighted by molar-refractivity contribution is 0.104. The minimum Gasteiger partial charge on any atom is -0.507 e. The van der Waals surface area contributed by atoms with Gasteiger partial charge in [-0.15, -0.1) is 0 Å². The van der Waals surface area contributed by atoms with Crippen LogP contribution < -0.4 is 10.6 Å². The van der Waals surface area contributed by atoms with Crippen molar-refractivity contribution in [3.05, 3.63) is 96.3 Å². The second-order valence-corrected chi connectivity index (χ2v) is 6.60. The SMILES string of the molecule is O=C(/C=C/Nc1ccccc1O)c1cc(C(=O)/C=C/Nc2ccccc2O)c(O)cc1O. The Morgan fingerprint density at radius 1 is 0.594 bits per heavy atom. The van der Waals surface area contributed by atoms with Crippen molar-refractivity contribution < 1.29 is 30.0 Å². The Bertz CT molecular complexity index is 1130. The molecule has 0 aromatic heterocycles. The van der Waals surface area contributed by atoms with Gasteiger partial charge in [-0.2, -0.15) is 0 Å². The average Bonchev–Trinajstić information content (AvgIpc) is 2.76. The van der Waals surface area contributed by atoms with Crippen molar-refractivity contribution >= 4 is 22.9 Å². The summed E-state index contributed by atoms with van der Waals surface area (Å²) in [7, 11) is 0. The molecule has 8 nitrogen and oxygen atoms in total. The normalized spacial score (nSPS) is 11.0. The Morgan fingerprint density at radius 2 is 1.00 bits per heavy atom. The van der Waals surface area contributed by atoms with E-state index in [-0.39, 0.29) is 22.6 Å². The molecule has 8 heteroatoms. The van der Waals surface area contributed by atoms with Crippen molar-refractivity contribution in [3.8, 4) is 23.0 Å². The third-order valence-corrected chi connectivity index (χ3v) is 4.40. The highest BCUT2D eigenvalue weighted by Gasteiger charge is 2.17. The zero-order chi connectivity index (χ0) is 23.1. The number of phenols is 4. The number of rotatable bonds is 8. The van der Waals surface area contributed by atoms with Gasteiger partial charge in [-0.25, -0.2) is 0 Å². The summed E-state index contributed by atoms with van der Waals surface area (Å²) in [5, 5.41) is 45.0. The van der Waals surface area contributed by atoms with Crippen LogP contribution in [0.15, 0.2) is 85.2 Å². The number of hydrogen-bond donors (Lipinski definition) is 6. The molecule has 0 saturated heterocycles. The predicted molar refractivity (Wildman–Crippen MR) is 120 cm³/mol. The highest BCUT2D eigenvalue weighted by molar-refractivity contribution is 6.11. The lowest BCUT2D eigenvalue weighted by atomic mass is 10.0. The number of para-hydroxylation sites is 4. The van der Waals surface area contributed by atoms with Gasteiger partial charge < -0.3 is 31.1 Å². The predicted octanol–water partition coefficient (Wildman–Crippen LogP) is 4.13. The largest absolute Gasteiger partial charge is 0.507 e. The number of aromatic hydroxyl groups is 4. The van der Waals surface area contributed by atoms with E-state index >= 15 is 0 Å². The van der Waals surface area contributed by atoms with Gasteiger partial charge in [-0.1, -0.05) is 24.3 Å². The molecule has 3 aromatic carbocycles. The van der Waals surface area contributed by atoms with Gasteiger partial charge in [-0.3, -0.25) is 9.59 Å². The number of anilines is 2. The van der Waals surface area contributed by atoms with E-state index in [1.165, 1.54) is 24.5 Å². The molecule has 3 rings (SSSR count). The van der Waals surface area contributed by atoms with E-state index in [2.05, 4.69) is 10.6 Å². The third-order valence-electron chi connectivity index (χ3n) is 4.40. The second-order valence-electron chi connectivity index (χ2n) is 6.60. The maximum absolute atomic E-state index is 12.5. The van der Waals surface area contributed by atoms with E-state index in [4.69, 9.17) is 0 Å². The van der Waals surface area contributed by atoms with Crippen LogP contribution in [0.25, 0.3) is 0 Å². The zero-order valence-corrected chi connectivity index (χ0v) is 16.7. The molecule has 0 spiro atoms. The number of carbonyl (C=O) groups excluding carboxylic acids is 2. The lowest BCUT2D eigenvalue weighted by Crippen LogP contribution is -2.03. The minimum absolute atomic E-state index is 0.00539. The van der Waals surface area contributed by atoms with Gasteiger partial charge in [0.2, 0.25) is 0 Å². The fourth-order valence-corrected chi connectivity index (χ4v) is 2.76. The van der Waals surface area contributed by atoms with Crippen molar-refractivity contribution in [2.75, 3.05) is 10.6 Å². The van der Waals surface area contributed by atoms with Crippen LogP contribution in [0.2, 0.25) is 0 Å². The number of allylic oxidation sites excluding steroid dienone is 2. The van der Waals surface area contributed by atoms with E-state index in [1.54, 1.807) is 36.4 Å². The molecule has 32 heavy (non-hydrogen) atoms. The summed E-state index contributed by atoms with van der Waals surface area (Å²) < 4.78 is 0. The molecule has 6 N–H and O–H groups in total. The first-order valence-corrected chi connectivity index (χ1v) is 9.43. The van der Waals surface area contributed by atoms with Crippen molar-refractivity contribution in [3.63, 3.8) is 0 Å². The van der Waals surface area contributed by atoms with Crippen LogP contribution in [0, 0.1) is 0 Å². The Labute approximate surface area is 183 Å². The Kier molecular flexibility index (Phi) is 6.77. The van der Waals surface area contributed by atoms with E-state index in [0.717, 1.165) is 24.3 Å². The van der Waals surface area contributed by atoms with Crippen LogP contribution in [-0.4, -0.2) is 32.0 Å². The van der Waals surface area contributed by atoms with Crippen LogP contribution in [-0.2, 0) is 0 Å². The molecule has 3 aromatic rings. The van der Waals surface area contributed by atoms with Crippen molar-refractivity contribution in [1.82, 2.24) is 0 Å². The molecule has 0 aliphatic heterocycles. The minimum atomic E-state index is -0.629. The molecular weight excluding hydrogens is 412 g/mol. The summed E-state index contributed by atoms with van der Waals surface area (Å²) in [6.45, 7) is 0. The molecule has 0 saturated carbocycles. The molecule has 162 valence electrons. The first kappa shape index (κ1) is 22.0. The fraction of sp³-hybridized carbons (Fsp3) is 0. The monoisotopic (exact) mass is 432 g/mol. The summed E-state index contributed by atoms with van der Waals surface area (Å²) in [6.07, 6.45) is 4.79. The van der Waals surface area contributed by atoms with Crippen molar-refractivity contribution in [2.24, 2.45) is 0 Å². The molecule has 0 radical (unpaired) electrons. The van der Waals surface area contributed by atoms with E-state index < -0.39 is 23.1 Å². The molecule has 0 aliphatic carbocycles. The van der Waals surface area contributed by atoms with Crippen LogP contribution in [0.5, 0.6) is 23.0 Å². The number of carbonyl (C=O) groups is 2. The zero-order valence-electron chi connectivity index (χ0n) is 16.7. The third kappa shape index (κ3) is 5.25. The van der Waals surface area contributed by atoms with Crippen LogP contribution in [0.4, 0.5) is 11.4 Å². The Morgan fingerprint density at radius 3 is 1.41 bits per heavy atom. The summed E-state index contributed by atoms with van der Waals surface area (Å²) in [5.74, 6) is -2.25. The van der Waals surface area contributed by atoms with Gasteiger partial charge in [0, 0.05) is 30.6 Å². The highest BCUT2D eigenvalue weighted by atomic mass is 16.3. The summed E-state index contributed by atoms with van der Waals surface area (Å²) >= 11 is 0. The van der Waals surface area contributed by atoms with Crippen LogP contribution in [0.1, 0.15) is 20.7 Å². The first-order valence-electron chi connectivity index (χ1n) is 9.43. The molecule has 0 bridgehead atoms. The van der Waals surface area contributed by atoms with Gasteiger partial charge >= 0.3 is 0 Å². The molecule has 0 unspecified atom stereocenters. The number of hydrogen-bond acceptors (Lipinski definition) is 8. The Balaban J connectivity index is 1.74. The van der Waals surface area contributed by atoms with Crippen molar-refractivity contribution in [1.29, 1.82) is 0 Å². The summed E-state index contributed by atoms with van der Waals surface area (Å²) in [5.41, 5.74) is 0.376. The summed E-state index contributed by atoms with van der Waals surface area (Å²) in [4.78, 5) is 24.9. The van der Waals surface area contributed by atoms with E-state index in [9.17, 15) is 30.0 Å². The van der Waals surface area contributed by atoms with E-state index in [1.807, 2.05) is 0 Å². The van der Waals surface area contributed by atoms with Gasteiger partial charge in [0.05, 0.1) is 22.5 Å².